The van der Waals surface area contributed by atoms with Crippen molar-refractivity contribution in [2.45, 2.75) is 0 Å². The van der Waals surface area contributed by atoms with E-state index in [-0.39, 0.29) is 0 Å². The molecule has 2 N–H and O–H groups in total. The average Bonchev–Trinajstić information content (AvgIpc) is 2.67. The molecule has 0 spiro atoms. The number of rotatable bonds is 1. The highest BCUT2D eigenvalue weighted by molar-refractivity contribution is 7.71. The second-order valence-electron chi connectivity index (χ2n) is 3.49. The fourth-order valence-corrected chi connectivity index (χ4v) is 2.12. The maximum Gasteiger partial charge on any atom is 0.139 e. The molecule has 0 unspecified atom stereocenters. The molecule has 80 valence electrons. The second kappa shape index (κ2) is 3.31. The summed E-state index contributed by atoms with van der Waals surface area (Å²) in [6.07, 6.45) is 1.59. The van der Waals surface area contributed by atoms with Crippen LogP contribution in [0.3, 0.4) is 0 Å². The molecule has 3 aromatic rings. The lowest BCUT2D eigenvalue weighted by Gasteiger charge is -1.97. The number of aromatic nitrogens is 3. The van der Waals surface area contributed by atoms with Gasteiger partial charge in [-0.25, -0.2) is 4.98 Å². The molecular weight excluding hydrogens is 222 g/mol. The van der Waals surface area contributed by atoms with E-state index in [1.807, 2.05) is 18.2 Å². The van der Waals surface area contributed by atoms with E-state index in [1.54, 1.807) is 13.4 Å². The number of hydrogen-bond donors (Lipinski definition) is 2. The number of H-pyrrole nitrogens is 2. The molecule has 0 bridgehead atoms. The Labute approximate surface area is 96.3 Å². The molecule has 0 saturated carbocycles. The van der Waals surface area contributed by atoms with Crippen LogP contribution in [0, 0.1) is 4.64 Å². The van der Waals surface area contributed by atoms with Crippen molar-refractivity contribution in [2.75, 3.05) is 7.11 Å². The van der Waals surface area contributed by atoms with Crippen LogP contribution < -0.4 is 4.74 Å². The number of methoxy groups -OCH3 is 1. The summed E-state index contributed by atoms with van der Waals surface area (Å²) in [6, 6.07) is 5.84. The minimum absolute atomic E-state index is 0.602. The highest BCUT2D eigenvalue weighted by Crippen LogP contribution is 2.27. The van der Waals surface area contributed by atoms with Gasteiger partial charge in [-0.3, -0.25) is 0 Å². The van der Waals surface area contributed by atoms with Gasteiger partial charge < -0.3 is 14.7 Å². The van der Waals surface area contributed by atoms with Gasteiger partial charge in [0.15, 0.2) is 0 Å². The van der Waals surface area contributed by atoms with Crippen molar-refractivity contribution in [3.05, 3.63) is 29.2 Å². The van der Waals surface area contributed by atoms with E-state index in [9.17, 15) is 0 Å². The first kappa shape index (κ1) is 9.35. The van der Waals surface area contributed by atoms with Gasteiger partial charge in [-0.1, -0.05) is 12.2 Å². The maximum absolute atomic E-state index is 5.21. The third-order valence-corrected chi connectivity index (χ3v) is 2.92. The number of fused-ring (bicyclic) bond motifs is 3. The first-order chi connectivity index (χ1) is 7.79. The van der Waals surface area contributed by atoms with Crippen LogP contribution in [0.1, 0.15) is 0 Å². The highest BCUT2D eigenvalue weighted by atomic mass is 32.1. The van der Waals surface area contributed by atoms with Gasteiger partial charge in [-0.2, -0.15) is 0 Å². The lowest BCUT2D eigenvalue weighted by atomic mass is 10.2. The summed E-state index contributed by atoms with van der Waals surface area (Å²) < 4.78 is 5.78. The van der Waals surface area contributed by atoms with E-state index in [1.165, 1.54) is 0 Å². The van der Waals surface area contributed by atoms with Crippen LogP contribution in [-0.4, -0.2) is 22.1 Å². The fraction of sp³-hybridized carbons (Fsp3) is 0.0909. The van der Waals surface area contributed by atoms with Gasteiger partial charge in [-0.15, -0.1) is 0 Å². The molecule has 0 aliphatic carbocycles. The monoisotopic (exact) mass is 231 g/mol. The lowest BCUT2D eigenvalue weighted by molar-refractivity contribution is 0.415. The number of nitrogens with zero attached hydrogens (tertiary/aromatic N) is 1. The summed E-state index contributed by atoms with van der Waals surface area (Å²) in [6.45, 7) is 0. The minimum Gasteiger partial charge on any atom is -0.497 e. The van der Waals surface area contributed by atoms with E-state index in [4.69, 9.17) is 17.0 Å². The summed E-state index contributed by atoms with van der Waals surface area (Å²) in [7, 11) is 1.65. The Bertz CT molecular complexity index is 729. The highest BCUT2D eigenvalue weighted by Gasteiger charge is 2.06. The zero-order chi connectivity index (χ0) is 11.1. The van der Waals surface area contributed by atoms with E-state index in [0.717, 1.165) is 27.7 Å². The van der Waals surface area contributed by atoms with Crippen LogP contribution in [0.15, 0.2) is 24.5 Å². The van der Waals surface area contributed by atoms with Crippen LogP contribution in [-0.2, 0) is 0 Å². The molecule has 0 radical (unpaired) electrons. The smallest absolute Gasteiger partial charge is 0.139 e. The molecule has 16 heavy (non-hydrogen) atoms. The summed E-state index contributed by atoms with van der Waals surface area (Å²) in [5, 5.41) is 2.01. The normalized spacial score (nSPS) is 11.1. The Morgan fingerprint density at radius 2 is 2.25 bits per heavy atom. The van der Waals surface area contributed by atoms with Gasteiger partial charge in [0.1, 0.15) is 16.0 Å². The SMILES string of the molecule is COc1ccc2c(c1)[nH]c1[nH]cnc(=S)c12. The van der Waals surface area contributed by atoms with Gasteiger partial charge in [0.05, 0.1) is 24.3 Å². The minimum atomic E-state index is 0.602. The predicted molar refractivity (Wildman–Crippen MR) is 65.3 cm³/mol. The Kier molecular flexibility index (Phi) is 1.94. The van der Waals surface area contributed by atoms with Gasteiger partial charge >= 0.3 is 0 Å². The number of benzene rings is 1. The molecule has 1 aromatic carbocycles. The standard InChI is InChI=1S/C11H9N3OS/c1-15-6-2-3-7-8(4-6)14-10-9(7)11(16)13-5-12-10/h2-5H,1H3,(H2,12,13,14,16). The van der Waals surface area contributed by atoms with Crippen molar-refractivity contribution < 1.29 is 4.74 Å². The van der Waals surface area contributed by atoms with Crippen molar-refractivity contribution in [3.63, 3.8) is 0 Å². The number of aromatic amines is 2. The van der Waals surface area contributed by atoms with E-state index in [0.29, 0.717) is 4.64 Å². The van der Waals surface area contributed by atoms with E-state index in [2.05, 4.69) is 15.0 Å². The summed E-state index contributed by atoms with van der Waals surface area (Å²) in [5.41, 5.74) is 1.88. The predicted octanol–water partition coefficient (Wildman–Crippen LogP) is 2.78. The Morgan fingerprint density at radius 3 is 3.06 bits per heavy atom. The van der Waals surface area contributed by atoms with Crippen LogP contribution in [0.4, 0.5) is 0 Å². The Morgan fingerprint density at radius 1 is 1.38 bits per heavy atom. The first-order valence-electron chi connectivity index (χ1n) is 4.83. The van der Waals surface area contributed by atoms with Crippen molar-refractivity contribution in [1.82, 2.24) is 15.0 Å². The molecule has 0 saturated heterocycles. The largest absolute Gasteiger partial charge is 0.497 e. The molecule has 2 aromatic heterocycles. The number of nitrogens with one attached hydrogen (secondary N) is 2. The quantitative estimate of drug-likeness (QED) is 0.633. The zero-order valence-electron chi connectivity index (χ0n) is 8.57. The van der Waals surface area contributed by atoms with E-state index < -0.39 is 0 Å². The molecule has 0 amide bonds. The third kappa shape index (κ3) is 1.22. The fourth-order valence-electron chi connectivity index (χ4n) is 1.85. The van der Waals surface area contributed by atoms with Crippen molar-refractivity contribution >= 4 is 34.2 Å². The third-order valence-electron chi connectivity index (χ3n) is 2.61. The van der Waals surface area contributed by atoms with Crippen LogP contribution >= 0.6 is 12.2 Å². The summed E-state index contributed by atoms with van der Waals surface area (Å²) in [5.74, 6) is 0.818. The lowest BCUT2D eigenvalue weighted by Crippen LogP contribution is -1.81. The van der Waals surface area contributed by atoms with E-state index >= 15 is 0 Å². The summed E-state index contributed by atoms with van der Waals surface area (Å²) in [4.78, 5) is 10.4. The van der Waals surface area contributed by atoms with Crippen molar-refractivity contribution in [2.24, 2.45) is 0 Å². The molecule has 0 aliphatic rings. The molecular formula is C11H9N3OS. The topological polar surface area (TPSA) is 53.7 Å². The second-order valence-corrected chi connectivity index (χ2v) is 3.88. The van der Waals surface area contributed by atoms with Gasteiger partial charge in [-0.05, 0) is 12.1 Å². The molecule has 4 nitrogen and oxygen atoms in total. The Hall–Kier alpha value is -1.88. The van der Waals surface area contributed by atoms with Crippen molar-refractivity contribution in [3.8, 4) is 5.75 Å². The van der Waals surface area contributed by atoms with Gasteiger partial charge in [0.2, 0.25) is 0 Å². The average molecular weight is 231 g/mol. The molecule has 0 aliphatic heterocycles. The van der Waals surface area contributed by atoms with Crippen LogP contribution in [0.2, 0.25) is 0 Å². The zero-order valence-corrected chi connectivity index (χ0v) is 9.39. The van der Waals surface area contributed by atoms with Crippen LogP contribution in [0.25, 0.3) is 21.9 Å². The Balaban J connectivity index is 2.52. The molecule has 2 heterocycles. The van der Waals surface area contributed by atoms with Crippen molar-refractivity contribution in [1.29, 1.82) is 0 Å². The summed E-state index contributed by atoms with van der Waals surface area (Å²) >= 11 is 5.21. The molecule has 0 atom stereocenters. The maximum atomic E-state index is 5.21. The molecule has 3 rings (SSSR count). The van der Waals surface area contributed by atoms with Gasteiger partial charge in [0, 0.05) is 11.5 Å². The molecule has 5 heteroatoms. The number of ether oxygens (including phenoxy) is 1. The van der Waals surface area contributed by atoms with Crippen LogP contribution in [0.5, 0.6) is 5.75 Å². The first-order valence-corrected chi connectivity index (χ1v) is 5.23. The van der Waals surface area contributed by atoms with Gasteiger partial charge in [0.25, 0.3) is 0 Å². The molecule has 0 fully saturated rings. The number of hydrogen-bond acceptors (Lipinski definition) is 3.